The normalized spacial score (nSPS) is 22.4. The van der Waals surface area contributed by atoms with E-state index in [0.29, 0.717) is 0 Å². The molecule has 0 saturated carbocycles. The van der Waals surface area contributed by atoms with Crippen LogP contribution in [0.3, 0.4) is 0 Å². The van der Waals surface area contributed by atoms with Crippen LogP contribution in [0.5, 0.6) is 0 Å². The van der Waals surface area contributed by atoms with Gasteiger partial charge < -0.3 is 10.3 Å². The third-order valence-corrected chi connectivity index (χ3v) is 4.60. The fraction of sp³-hybridized carbons (Fsp3) is 0.333. The molecule has 4 rings (SSSR count). The largest absolute Gasteiger partial charge is 0.383 e. The zero-order valence-electron chi connectivity index (χ0n) is 11.9. The Balaban J connectivity index is 1.97. The lowest BCUT2D eigenvalue weighted by atomic mass is 9.89. The monoisotopic (exact) mass is 264 g/mol. The van der Waals surface area contributed by atoms with Gasteiger partial charge in [0, 0.05) is 17.4 Å². The van der Waals surface area contributed by atoms with Crippen molar-refractivity contribution in [2.45, 2.75) is 32.6 Å². The maximum absolute atomic E-state index is 3.64. The second-order valence-corrected chi connectivity index (χ2v) is 5.83. The van der Waals surface area contributed by atoms with Crippen LogP contribution >= 0.6 is 0 Å². The van der Waals surface area contributed by atoms with E-state index < -0.39 is 0 Å². The number of aromatic amines is 1. The van der Waals surface area contributed by atoms with E-state index in [1.165, 1.54) is 58.3 Å². The van der Waals surface area contributed by atoms with E-state index in [-0.39, 0.29) is 0 Å². The maximum Gasteiger partial charge on any atom is 0.0663 e. The van der Waals surface area contributed by atoms with Gasteiger partial charge in [0.15, 0.2) is 0 Å². The van der Waals surface area contributed by atoms with E-state index in [9.17, 15) is 0 Å². The van der Waals surface area contributed by atoms with E-state index in [4.69, 9.17) is 0 Å². The minimum Gasteiger partial charge on any atom is -0.383 e. The maximum atomic E-state index is 3.64. The van der Waals surface area contributed by atoms with Crippen LogP contribution in [-0.2, 0) is 6.42 Å². The molecule has 0 atom stereocenters. The summed E-state index contributed by atoms with van der Waals surface area (Å²) < 4.78 is 0. The fourth-order valence-corrected chi connectivity index (χ4v) is 3.57. The van der Waals surface area contributed by atoms with Gasteiger partial charge in [-0.15, -0.1) is 0 Å². The van der Waals surface area contributed by atoms with Gasteiger partial charge in [0.2, 0.25) is 0 Å². The van der Waals surface area contributed by atoms with Crippen molar-refractivity contribution in [3.8, 4) is 0 Å². The SMILES string of the molecule is CC1=CCCC/C1=C1/NCCc2c1[nH]c1ccccc21. The van der Waals surface area contributed by atoms with Crippen molar-refractivity contribution in [2.24, 2.45) is 0 Å². The molecule has 0 amide bonds. The Morgan fingerprint density at radius 2 is 2.00 bits per heavy atom. The first-order chi connectivity index (χ1) is 9.84. The molecule has 2 N–H and O–H groups in total. The van der Waals surface area contributed by atoms with Crippen molar-refractivity contribution >= 4 is 16.6 Å². The molecule has 1 aromatic heterocycles. The van der Waals surface area contributed by atoms with Gasteiger partial charge in [-0.1, -0.05) is 24.3 Å². The molecule has 0 spiro atoms. The minimum absolute atomic E-state index is 1.04. The van der Waals surface area contributed by atoms with Crippen LogP contribution in [-0.4, -0.2) is 11.5 Å². The van der Waals surface area contributed by atoms with Crippen molar-refractivity contribution in [1.82, 2.24) is 10.3 Å². The molecule has 102 valence electrons. The molecule has 0 unspecified atom stereocenters. The molecule has 1 aliphatic heterocycles. The summed E-state index contributed by atoms with van der Waals surface area (Å²) in [6.07, 6.45) is 7.18. The molecule has 0 saturated heterocycles. The number of allylic oxidation sites excluding steroid dienone is 3. The number of nitrogens with one attached hydrogen (secondary N) is 2. The number of para-hydroxylation sites is 1. The first-order valence-electron chi connectivity index (χ1n) is 7.58. The van der Waals surface area contributed by atoms with E-state index in [2.05, 4.69) is 47.6 Å². The molecule has 1 aromatic carbocycles. The fourth-order valence-electron chi connectivity index (χ4n) is 3.57. The number of fused-ring (bicyclic) bond motifs is 3. The topological polar surface area (TPSA) is 27.8 Å². The van der Waals surface area contributed by atoms with Crippen LogP contribution in [0.15, 0.2) is 41.5 Å². The highest BCUT2D eigenvalue weighted by Gasteiger charge is 2.22. The summed E-state index contributed by atoms with van der Waals surface area (Å²) in [7, 11) is 0. The van der Waals surface area contributed by atoms with Gasteiger partial charge in [-0.2, -0.15) is 0 Å². The van der Waals surface area contributed by atoms with Crippen molar-refractivity contribution in [3.63, 3.8) is 0 Å². The highest BCUT2D eigenvalue weighted by atomic mass is 14.9. The van der Waals surface area contributed by atoms with Crippen LogP contribution in [0.4, 0.5) is 0 Å². The number of hydrogen-bond donors (Lipinski definition) is 2. The lowest BCUT2D eigenvalue weighted by Crippen LogP contribution is -2.24. The molecule has 2 aliphatic rings. The van der Waals surface area contributed by atoms with Crippen molar-refractivity contribution < 1.29 is 0 Å². The Labute approximate surface area is 119 Å². The highest BCUT2D eigenvalue weighted by molar-refractivity contribution is 5.90. The van der Waals surface area contributed by atoms with E-state index in [0.717, 1.165) is 13.0 Å². The average molecular weight is 264 g/mol. The van der Waals surface area contributed by atoms with Crippen LogP contribution in [0.2, 0.25) is 0 Å². The van der Waals surface area contributed by atoms with Gasteiger partial charge in [0.1, 0.15) is 0 Å². The molecule has 0 fully saturated rings. The summed E-state index contributed by atoms with van der Waals surface area (Å²) >= 11 is 0. The van der Waals surface area contributed by atoms with Crippen LogP contribution < -0.4 is 5.32 Å². The number of aromatic nitrogens is 1. The van der Waals surface area contributed by atoms with Gasteiger partial charge in [-0.25, -0.2) is 0 Å². The minimum atomic E-state index is 1.04. The Hall–Kier alpha value is -1.96. The second-order valence-electron chi connectivity index (χ2n) is 5.83. The standard InChI is InChI=1S/C18H20N2/c1-12-6-2-3-7-13(12)17-18-15(10-11-19-17)14-8-4-5-9-16(14)20-18/h4-6,8-9,19-20H,2-3,7,10-11H2,1H3/b17-13-. The summed E-state index contributed by atoms with van der Waals surface area (Å²) in [5, 5.41) is 5.03. The predicted octanol–water partition coefficient (Wildman–Crippen LogP) is 4.15. The lowest BCUT2D eigenvalue weighted by molar-refractivity contribution is 0.767. The third kappa shape index (κ3) is 1.71. The molecule has 0 radical (unpaired) electrons. The number of hydrogen-bond acceptors (Lipinski definition) is 1. The summed E-state index contributed by atoms with van der Waals surface area (Å²) in [5.74, 6) is 0. The van der Waals surface area contributed by atoms with E-state index in [1.54, 1.807) is 0 Å². The molecular weight excluding hydrogens is 244 g/mol. The van der Waals surface area contributed by atoms with Crippen molar-refractivity contribution in [2.75, 3.05) is 6.54 Å². The molecule has 20 heavy (non-hydrogen) atoms. The predicted molar refractivity (Wildman–Crippen MR) is 84.5 cm³/mol. The van der Waals surface area contributed by atoms with Crippen LogP contribution in [0.25, 0.3) is 16.6 Å². The van der Waals surface area contributed by atoms with E-state index in [1.807, 2.05) is 0 Å². The zero-order valence-corrected chi connectivity index (χ0v) is 11.9. The summed E-state index contributed by atoms with van der Waals surface area (Å²) in [5.41, 5.74) is 8.36. The van der Waals surface area contributed by atoms with Crippen molar-refractivity contribution in [3.05, 3.63) is 52.7 Å². The molecule has 1 aliphatic carbocycles. The van der Waals surface area contributed by atoms with Crippen LogP contribution in [0.1, 0.15) is 37.4 Å². The van der Waals surface area contributed by atoms with Gasteiger partial charge in [0.05, 0.1) is 11.4 Å². The molecule has 0 bridgehead atoms. The smallest absolute Gasteiger partial charge is 0.0663 e. The summed E-state index contributed by atoms with van der Waals surface area (Å²) in [6.45, 7) is 3.29. The molecule has 2 nitrogen and oxygen atoms in total. The van der Waals surface area contributed by atoms with E-state index >= 15 is 0 Å². The van der Waals surface area contributed by atoms with Crippen LogP contribution in [0, 0.1) is 0 Å². The Morgan fingerprint density at radius 3 is 2.90 bits per heavy atom. The third-order valence-electron chi connectivity index (χ3n) is 4.60. The average Bonchev–Trinajstić information content (AvgIpc) is 2.86. The highest BCUT2D eigenvalue weighted by Crippen LogP contribution is 2.35. The Morgan fingerprint density at radius 1 is 1.10 bits per heavy atom. The zero-order chi connectivity index (χ0) is 13.5. The first kappa shape index (κ1) is 11.8. The quantitative estimate of drug-likeness (QED) is 0.735. The number of rotatable bonds is 0. The first-order valence-corrected chi connectivity index (χ1v) is 7.58. The molecular formula is C18H20N2. The summed E-state index contributed by atoms with van der Waals surface area (Å²) in [4.78, 5) is 3.64. The molecule has 2 heterocycles. The van der Waals surface area contributed by atoms with Gasteiger partial charge >= 0.3 is 0 Å². The van der Waals surface area contributed by atoms with Gasteiger partial charge in [-0.3, -0.25) is 0 Å². The Bertz CT molecular complexity index is 731. The van der Waals surface area contributed by atoms with Crippen molar-refractivity contribution in [1.29, 1.82) is 0 Å². The van der Waals surface area contributed by atoms with Gasteiger partial charge in [-0.05, 0) is 55.4 Å². The Kier molecular flexibility index (Phi) is 2.69. The molecule has 2 aromatic rings. The number of benzene rings is 1. The number of H-pyrrole nitrogens is 1. The summed E-state index contributed by atoms with van der Waals surface area (Å²) in [6, 6.07) is 8.66. The van der Waals surface area contributed by atoms with Gasteiger partial charge in [0.25, 0.3) is 0 Å². The second kappa shape index (κ2) is 4.55. The molecule has 2 heteroatoms. The lowest BCUT2D eigenvalue weighted by Gasteiger charge is -2.24.